The molecule has 1 atom stereocenters. The van der Waals surface area contributed by atoms with E-state index in [1.165, 1.54) is 6.42 Å². The first-order valence-electron chi connectivity index (χ1n) is 6.85. The van der Waals surface area contributed by atoms with Gasteiger partial charge in [0.1, 0.15) is 5.60 Å². The molecule has 1 aromatic rings. The Morgan fingerprint density at radius 1 is 1.42 bits per heavy atom. The van der Waals surface area contributed by atoms with E-state index in [0.29, 0.717) is 11.7 Å². The van der Waals surface area contributed by atoms with Crippen LogP contribution in [-0.2, 0) is 10.3 Å². The topological polar surface area (TPSA) is 74.2 Å². The fourth-order valence-corrected chi connectivity index (χ4v) is 3.07. The van der Waals surface area contributed by atoms with Gasteiger partial charge in [-0.2, -0.15) is 16.7 Å². The van der Waals surface area contributed by atoms with E-state index in [1.807, 2.05) is 0 Å². The van der Waals surface area contributed by atoms with E-state index in [2.05, 4.69) is 16.4 Å². The van der Waals surface area contributed by atoms with E-state index in [1.54, 1.807) is 18.9 Å². The molecule has 5 nitrogen and oxygen atoms in total. The number of aromatic nitrogens is 2. The van der Waals surface area contributed by atoms with Crippen LogP contribution in [0.2, 0.25) is 0 Å². The Balaban J connectivity index is 2.10. The molecule has 19 heavy (non-hydrogen) atoms. The Hall–Kier alpha value is -0.590. The number of hydrogen-bond acceptors (Lipinski definition) is 6. The molecule has 6 heteroatoms. The van der Waals surface area contributed by atoms with Crippen LogP contribution in [0.25, 0.3) is 0 Å². The molecule has 0 radical (unpaired) electrons. The highest BCUT2D eigenvalue weighted by Crippen LogP contribution is 2.38. The van der Waals surface area contributed by atoms with Gasteiger partial charge in [-0.1, -0.05) is 24.4 Å². The van der Waals surface area contributed by atoms with Crippen molar-refractivity contribution in [3.05, 3.63) is 11.7 Å². The van der Waals surface area contributed by atoms with Crippen LogP contribution >= 0.6 is 11.8 Å². The summed E-state index contributed by atoms with van der Waals surface area (Å²) in [4.78, 5) is 4.49. The quantitative estimate of drug-likeness (QED) is 0.866. The van der Waals surface area contributed by atoms with Crippen LogP contribution in [0.1, 0.15) is 56.3 Å². The monoisotopic (exact) mass is 285 g/mol. The van der Waals surface area contributed by atoms with E-state index in [9.17, 15) is 0 Å². The van der Waals surface area contributed by atoms with Gasteiger partial charge in [-0.05, 0) is 31.3 Å². The maximum atomic E-state index is 6.06. The van der Waals surface area contributed by atoms with Gasteiger partial charge in [-0.15, -0.1) is 0 Å². The Morgan fingerprint density at radius 3 is 2.79 bits per heavy atom. The molecule has 108 valence electrons. The summed E-state index contributed by atoms with van der Waals surface area (Å²) in [5, 5.41) is 4.11. The first kappa shape index (κ1) is 14.8. The van der Waals surface area contributed by atoms with E-state index in [4.69, 9.17) is 15.0 Å². The summed E-state index contributed by atoms with van der Waals surface area (Å²) in [6.45, 7) is 0. The number of thioether (sulfide) groups is 1. The lowest BCUT2D eigenvalue weighted by atomic mass is 9.84. The van der Waals surface area contributed by atoms with Crippen LogP contribution in [-0.4, -0.2) is 29.3 Å². The number of nitrogens with zero attached hydrogens (tertiary/aromatic N) is 2. The van der Waals surface area contributed by atoms with Crippen LogP contribution in [0.4, 0.5) is 0 Å². The normalized spacial score (nSPS) is 20.4. The van der Waals surface area contributed by atoms with E-state index >= 15 is 0 Å². The largest absolute Gasteiger partial charge is 0.370 e. The fraction of sp³-hybridized carbons (Fsp3) is 0.846. The van der Waals surface area contributed by atoms with E-state index < -0.39 is 0 Å². The average molecular weight is 285 g/mol. The molecule has 0 unspecified atom stereocenters. The predicted molar refractivity (Wildman–Crippen MR) is 76.0 cm³/mol. The van der Waals surface area contributed by atoms with Crippen molar-refractivity contribution in [3.63, 3.8) is 0 Å². The minimum absolute atomic E-state index is 0.175. The number of hydrogen-bond donors (Lipinski definition) is 1. The molecule has 0 aliphatic heterocycles. The molecule has 2 N–H and O–H groups in total. The van der Waals surface area contributed by atoms with Gasteiger partial charge in [-0.3, -0.25) is 0 Å². The molecule has 1 aromatic heterocycles. The molecule has 0 amide bonds. The molecule has 2 rings (SSSR count). The van der Waals surface area contributed by atoms with E-state index in [-0.39, 0.29) is 11.6 Å². The summed E-state index contributed by atoms with van der Waals surface area (Å²) >= 11 is 1.77. The standard InChI is InChI=1S/C13H23N3O2S/c1-17-13(7-4-3-5-8-13)12-15-11(18-16-12)10(14)6-9-19-2/h10H,3-9,14H2,1-2H3/t10-/m1/s1. The third-order valence-corrected chi connectivity index (χ3v) is 4.50. The highest BCUT2D eigenvalue weighted by molar-refractivity contribution is 7.98. The molecule has 0 saturated heterocycles. The van der Waals surface area contributed by atoms with Gasteiger partial charge in [0, 0.05) is 7.11 Å². The molecule has 1 heterocycles. The summed E-state index contributed by atoms with van der Waals surface area (Å²) in [5.74, 6) is 2.20. The Labute approximate surface area is 118 Å². The Morgan fingerprint density at radius 2 is 2.16 bits per heavy atom. The summed E-state index contributed by atoms with van der Waals surface area (Å²) in [5.41, 5.74) is 5.70. The minimum atomic E-state index is -0.362. The summed E-state index contributed by atoms with van der Waals surface area (Å²) in [7, 11) is 1.73. The highest BCUT2D eigenvalue weighted by Gasteiger charge is 2.38. The van der Waals surface area contributed by atoms with Crippen molar-refractivity contribution in [2.24, 2.45) is 5.73 Å². The predicted octanol–water partition coefficient (Wildman–Crippen LogP) is 2.63. The van der Waals surface area contributed by atoms with Crippen LogP contribution < -0.4 is 5.73 Å². The van der Waals surface area contributed by atoms with Crippen LogP contribution in [0, 0.1) is 0 Å². The second kappa shape index (κ2) is 6.72. The Kier molecular flexibility index (Phi) is 5.24. The van der Waals surface area contributed by atoms with Gasteiger partial charge in [-0.25, -0.2) is 0 Å². The van der Waals surface area contributed by atoms with Gasteiger partial charge < -0.3 is 15.0 Å². The number of rotatable bonds is 6. The molecule has 0 bridgehead atoms. The minimum Gasteiger partial charge on any atom is -0.370 e. The molecule has 0 aromatic carbocycles. The van der Waals surface area contributed by atoms with Crippen LogP contribution in [0.3, 0.4) is 0 Å². The maximum absolute atomic E-state index is 6.06. The van der Waals surface area contributed by atoms with Crippen molar-refractivity contribution in [3.8, 4) is 0 Å². The van der Waals surface area contributed by atoms with Crippen molar-refractivity contribution in [2.45, 2.75) is 50.2 Å². The van der Waals surface area contributed by atoms with Crippen molar-refractivity contribution < 1.29 is 9.26 Å². The maximum Gasteiger partial charge on any atom is 0.243 e. The van der Waals surface area contributed by atoms with Crippen molar-refractivity contribution in [2.75, 3.05) is 19.1 Å². The number of ether oxygens (including phenoxy) is 1. The first-order valence-corrected chi connectivity index (χ1v) is 8.25. The lowest BCUT2D eigenvalue weighted by molar-refractivity contribution is -0.0527. The van der Waals surface area contributed by atoms with Gasteiger partial charge in [0.15, 0.2) is 0 Å². The molecular weight excluding hydrogens is 262 g/mol. The van der Waals surface area contributed by atoms with Crippen molar-refractivity contribution in [1.29, 1.82) is 0 Å². The van der Waals surface area contributed by atoms with E-state index in [0.717, 1.165) is 37.9 Å². The lowest BCUT2D eigenvalue weighted by Crippen LogP contribution is -2.32. The number of nitrogens with two attached hydrogens (primary N) is 1. The van der Waals surface area contributed by atoms with Crippen molar-refractivity contribution >= 4 is 11.8 Å². The average Bonchev–Trinajstić information content (AvgIpc) is 2.96. The zero-order valence-corrected chi connectivity index (χ0v) is 12.5. The van der Waals surface area contributed by atoms with Gasteiger partial charge in [0.2, 0.25) is 11.7 Å². The number of methoxy groups -OCH3 is 1. The third-order valence-electron chi connectivity index (χ3n) is 3.85. The zero-order chi connectivity index (χ0) is 13.7. The lowest BCUT2D eigenvalue weighted by Gasteiger charge is -2.32. The Bertz CT molecular complexity index is 391. The fourth-order valence-electron chi connectivity index (χ4n) is 2.58. The van der Waals surface area contributed by atoms with Crippen LogP contribution in [0.15, 0.2) is 4.52 Å². The summed E-state index contributed by atoms with van der Waals surface area (Å²) < 4.78 is 11.0. The SMILES string of the molecule is COC1(c2noc([C@H](N)CCSC)n2)CCCCC1. The second-order valence-corrected chi connectivity index (χ2v) is 6.09. The smallest absolute Gasteiger partial charge is 0.243 e. The summed E-state index contributed by atoms with van der Waals surface area (Å²) in [6, 6.07) is -0.175. The van der Waals surface area contributed by atoms with Gasteiger partial charge in [0.25, 0.3) is 0 Å². The molecule has 1 saturated carbocycles. The first-order chi connectivity index (χ1) is 9.22. The van der Waals surface area contributed by atoms with Gasteiger partial charge >= 0.3 is 0 Å². The van der Waals surface area contributed by atoms with Gasteiger partial charge in [0.05, 0.1) is 6.04 Å². The molecular formula is C13H23N3O2S. The van der Waals surface area contributed by atoms with Crippen LogP contribution in [0.5, 0.6) is 0 Å². The molecule has 1 aliphatic rings. The highest BCUT2D eigenvalue weighted by atomic mass is 32.2. The second-order valence-electron chi connectivity index (χ2n) is 5.10. The zero-order valence-electron chi connectivity index (χ0n) is 11.7. The third kappa shape index (κ3) is 3.30. The van der Waals surface area contributed by atoms with Crippen molar-refractivity contribution in [1.82, 2.24) is 10.1 Å². The molecule has 1 aliphatic carbocycles. The molecule has 1 fully saturated rings. The summed E-state index contributed by atoms with van der Waals surface area (Å²) in [6.07, 6.45) is 8.39. The molecule has 0 spiro atoms.